The van der Waals surface area contributed by atoms with E-state index in [9.17, 15) is 5.11 Å². The minimum absolute atomic E-state index is 0.247. The van der Waals surface area contributed by atoms with Gasteiger partial charge in [0.25, 0.3) is 0 Å². The Morgan fingerprint density at radius 1 is 1.60 bits per heavy atom. The van der Waals surface area contributed by atoms with Crippen molar-refractivity contribution in [2.24, 2.45) is 5.92 Å². The fraction of sp³-hybridized carbons (Fsp3) is 0.417. The van der Waals surface area contributed by atoms with E-state index < -0.39 is 5.60 Å². The highest BCUT2D eigenvalue weighted by Crippen LogP contribution is 2.41. The van der Waals surface area contributed by atoms with Crippen LogP contribution in [0.4, 0.5) is 0 Å². The van der Waals surface area contributed by atoms with Crippen LogP contribution >= 0.6 is 11.8 Å². The first-order chi connectivity index (χ1) is 7.16. The number of hydrogen-bond acceptors (Lipinski definition) is 3. The number of rotatable bonds is 1. The smallest absolute Gasteiger partial charge is 0.102 e. The Bertz CT molecular complexity index is 412. The molecule has 0 aliphatic carbocycles. The molecule has 78 valence electrons. The Morgan fingerprint density at radius 3 is 3.00 bits per heavy atom. The molecule has 1 aliphatic rings. The molecule has 1 aromatic rings. The van der Waals surface area contributed by atoms with Gasteiger partial charge in [0, 0.05) is 5.75 Å². The third kappa shape index (κ3) is 1.75. The first kappa shape index (κ1) is 10.5. The zero-order valence-corrected chi connectivity index (χ0v) is 9.42. The SMILES string of the molecule is C[C@H]1CSC[C@@]1(O)c1cccc(C#N)c1. The van der Waals surface area contributed by atoms with Crippen molar-refractivity contribution in [1.29, 1.82) is 5.26 Å². The van der Waals surface area contributed by atoms with Crippen LogP contribution in [0.5, 0.6) is 0 Å². The maximum Gasteiger partial charge on any atom is 0.102 e. The van der Waals surface area contributed by atoms with Gasteiger partial charge in [-0.2, -0.15) is 17.0 Å². The van der Waals surface area contributed by atoms with Crippen molar-refractivity contribution in [2.75, 3.05) is 11.5 Å². The van der Waals surface area contributed by atoms with E-state index in [1.807, 2.05) is 12.1 Å². The van der Waals surface area contributed by atoms with Crippen molar-refractivity contribution in [3.8, 4) is 6.07 Å². The molecule has 15 heavy (non-hydrogen) atoms. The van der Waals surface area contributed by atoms with Gasteiger partial charge in [0.15, 0.2) is 0 Å². The Kier molecular flexibility index (Phi) is 2.72. The summed E-state index contributed by atoms with van der Waals surface area (Å²) in [7, 11) is 0. The molecule has 1 N–H and O–H groups in total. The van der Waals surface area contributed by atoms with Crippen molar-refractivity contribution in [1.82, 2.24) is 0 Å². The second kappa shape index (κ2) is 3.88. The van der Waals surface area contributed by atoms with Gasteiger partial charge in [-0.3, -0.25) is 0 Å². The molecule has 2 atom stereocenters. The number of benzene rings is 1. The lowest BCUT2D eigenvalue weighted by atomic mass is 9.85. The van der Waals surface area contributed by atoms with E-state index in [-0.39, 0.29) is 5.92 Å². The van der Waals surface area contributed by atoms with E-state index in [1.54, 1.807) is 23.9 Å². The van der Waals surface area contributed by atoms with Crippen molar-refractivity contribution in [3.63, 3.8) is 0 Å². The number of hydrogen-bond donors (Lipinski definition) is 1. The standard InChI is InChI=1S/C12H13NOS/c1-9-7-15-8-12(9,14)11-4-2-3-10(5-11)6-13/h2-5,9,14H,7-8H2,1H3/t9-,12-/m0/s1. The van der Waals surface area contributed by atoms with Crippen LogP contribution in [0.2, 0.25) is 0 Å². The molecule has 0 saturated carbocycles. The van der Waals surface area contributed by atoms with Gasteiger partial charge in [0.1, 0.15) is 5.60 Å². The summed E-state index contributed by atoms with van der Waals surface area (Å²) in [5.41, 5.74) is 0.737. The van der Waals surface area contributed by atoms with Crippen LogP contribution in [-0.4, -0.2) is 16.6 Å². The summed E-state index contributed by atoms with van der Waals surface area (Å²) >= 11 is 1.76. The summed E-state index contributed by atoms with van der Waals surface area (Å²) in [6.45, 7) is 2.05. The number of nitriles is 1. The van der Waals surface area contributed by atoms with Crippen molar-refractivity contribution in [2.45, 2.75) is 12.5 Å². The topological polar surface area (TPSA) is 44.0 Å². The molecule has 1 fully saturated rings. The van der Waals surface area contributed by atoms with Crippen molar-refractivity contribution in [3.05, 3.63) is 35.4 Å². The molecule has 0 aromatic heterocycles. The van der Waals surface area contributed by atoms with E-state index in [4.69, 9.17) is 5.26 Å². The van der Waals surface area contributed by atoms with Crippen LogP contribution in [0.3, 0.4) is 0 Å². The number of thioether (sulfide) groups is 1. The van der Waals surface area contributed by atoms with Crippen LogP contribution in [0.15, 0.2) is 24.3 Å². The van der Waals surface area contributed by atoms with Gasteiger partial charge in [-0.05, 0) is 29.4 Å². The lowest BCUT2D eigenvalue weighted by Crippen LogP contribution is -2.32. The quantitative estimate of drug-likeness (QED) is 0.787. The van der Waals surface area contributed by atoms with Crippen LogP contribution in [0.1, 0.15) is 18.1 Å². The summed E-state index contributed by atoms with van der Waals surface area (Å²) in [6, 6.07) is 9.40. The molecule has 0 spiro atoms. The average Bonchev–Trinajstić information content (AvgIpc) is 2.61. The first-order valence-electron chi connectivity index (χ1n) is 4.97. The van der Waals surface area contributed by atoms with Gasteiger partial charge >= 0.3 is 0 Å². The largest absolute Gasteiger partial charge is 0.384 e. The Balaban J connectivity index is 2.41. The highest BCUT2D eigenvalue weighted by atomic mass is 32.2. The predicted molar refractivity (Wildman–Crippen MR) is 61.5 cm³/mol. The van der Waals surface area contributed by atoms with Crippen LogP contribution < -0.4 is 0 Å². The van der Waals surface area contributed by atoms with Crippen LogP contribution in [0, 0.1) is 17.2 Å². The number of aliphatic hydroxyl groups is 1. The van der Waals surface area contributed by atoms with Gasteiger partial charge in [0.2, 0.25) is 0 Å². The van der Waals surface area contributed by atoms with Crippen molar-refractivity contribution >= 4 is 11.8 Å². The molecule has 1 aromatic carbocycles. The molecular formula is C12H13NOS. The molecule has 3 heteroatoms. The Labute approximate surface area is 93.9 Å². The zero-order chi connectivity index (χ0) is 10.9. The predicted octanol–water partition coefficient (Wildman–Crippen LogP) is 2.13. The van der Waals surface area contributed by atoms with Crippen LogP contribution in [0.25, 0.3) is 0 Å². The normalized spacial score (nSPS) is 30.1. The molecule has 0 bridgehead atoms. The second-order valence-corrected chi connectivity index (χ2v) is 5.06. The summed E-state index contributed by atoms with van der Waals surface area (Å²) in [4.78, 5) is 0. The summed E-state index contributed by atoms with van der Waals surface area (Å²) < 4.78 is 0. The maximum absolute atomic E-state index is 10.5. The minimum Gasteiger partial charge on any atom is -0.384 e. The molecule has 0 amide bonds. The van der Waals surface area contributed by atoms with Gasteiger partial charge in [-0.15, -0.1) is 0 Å². The molecule has 2 nitrogen and oxygen atoms in total. The van der Waals surface area contributed by atoms with E-state index >= 15 is 0 Å². The second-order valence-electron chi connectivity index (χ2n) is 4.03. The Morgan fingerprint density at radius 2 is 2.40 bits per heavy atom. The van der Waals surface area contributed by atoms with E-state index in [0.29, 0.717) is 5.56 Å². The van der Waals surface area contributed by atoms with E-state index in [2.05, 4.69) is 13.0 Å². The summed E-state index contributed by atoms with van der Waals surface area (Å²) in [5.74, 6) is 1.95. The third-order valence-electron chi connectivity index (χ3n) is 3.00. The molecule has 0 unspecified atom stereocenters. The van der Waals surface area contributed by atoms with Gasteiger partial charge in [0.05, 0.1) is 11.6 Å². The number of nitrogens with zero attached hydrogens (tertiary/aromatic N) is 1. The average molecular weight is 219 g/mol. The molecule has 1 saturated heterocycles. The molecular weight excluding hydrogens is 206 g/mol. The fourth-order valence-corrected chi connectivity index (χ4v) is 3.41. The van der Waals surface area contributed by atoms with Gasteiger partial charge < -0.3 is 5.11 Å². The highest BCUT2D eigenvalue weighted by molar-refractivity contribution is 7.99. The van der Waals surface area contributed by atoms with Gasteiger partial charge in [-0.25, -0.2) is 0 Å². The minimum atomic E-state index is -0.752. The van der Waals surface area contributed by atoms with E-state index in [1.165, 1.54) is 0 Å². The zero-order valence-electron chi connectivity index (χ0n) is 8.60. The highest BCUT2D eigenvalue weighted by Gasteiger charge is 2.40. The maximum atomic E-state index is 10.5. The molecule has 1 aliphatic heterocycles. The lowest BCUT2D eigenvalue weighted by molar-refractivity contribution is 0.0234. The lowest BCUT2D eigenvalue weighted by Gasteiger charge is -2.27. The first-order valence-corrected chi connectivity index (χ1v) is 6.13. The summed E-state index contributed by atoms with van der Waals surface area (Å²) in [6.07, 6.45) is 0. The monoisotopic (exact) mass is 219 g/mol. The Hall–Kier alpha value is -0.980. The molecule has 0 radical (unpaired) electrons. The third-order valence-corrected chi connectivity index (χ3v) is 4.38. The van der Waals surface area contributed by atoms with Crippen molar-refractivity contribution < 1.29 is 5.11 Å². The summed E-state index contributed by atoms with van der Waals surface area (Å²) in [5, 5.41) is 19.3. The van der Waals surface area contributed by atoms with Gasteiger partial charge in [-0.1, -0.05) is 19.1 Å². The molecule has 1 heterocycles. The van der Waals surface area contributed by atoms with E-state index in [0.717, 1.165) is 17.1 Å². The molecule has 2 rings (SSSR count). The fourth-order valence-electron chi connectivity index (χ4n) is 1.90. The van der Waals surface area contributed by atoms with Crippen LogP contribution in [-0.2, 0) is 5.60 Å².